The van der Waals surface area contributed by atoms with E-state index in [1.54, 1.807) is 24.3 Å². The maximum atomic E-state index is 12.9. The number of halogens is 2. The molecule has 1 heterocycles. The molecule has 160 valence electrons. The summed E-state index contributed by atoms with van der Waals surface area (Å²) in [4.78, 5) is 12.8. The Labute approximate surface area is 188 Å². The molecule has 1 amide bonds. The molecular weight excluding hydrogens is 463 g/mol. The molecule has 0 radical (unpaired) electrons. The van der Waals surface area contributed by atoms with Crippen molar-refractivity contribution in [3.63, 3.8) is 0 Å². The van der Waals surface area contributed by atoms with E-state index in [1.165, 1.54) is 36.4 Å². The standard InChI is InChI=1S/C21H16Cl2N2O5S/c22-16-7-5-13(11-17(16)23)24-21(26)15-3-1-2-4-18(15)25-31(27,28)14-6-8-19-20(12-14)30-10-9-29-19/h1-8,11-12,25H,9-10H2,(H,24,26). The molecule has 4 rings (SSSR count). The lowest BCUT2D eigenvalue weighted by Gasteiger charge is -2.19. The van der Waals surface area contributed by atoms with Gasteiger partial charge in [0.15, 0.2) is 11.5 Å². The highest BCUT2D eigenvalue weighted by atomic mass is 35.5. The molecule has 3 aromatic rings. The summed E-state index contributed by atoms with van der Waals surface area (Å²) < 4.78 is 39.2. The molecule has 1 aliphatic heterocycles. The van der Waals surface area contributed by atoms with Gasteiger partial charge >= 0.3 is 0 Å². The Hall–Kier alpha value is -2.94. The molecule has 31 heavy (non-hydrogen) atoms. The predicted octanol–water partition coefficient (Wildman–Crippen LogP) is 4.82. The summed E-state index contributed by atoms with van der Waals surface area (Å²) in [5, 5.41) is 3.32. The molecule has 0 aliphatic carbocycles. The van der Waals surface area contributed by atoms with Crippen molar-refractivity contribution in [3.05, 3.63) is 76.3 Å². The SMILES string of the molecule is O=C(Nc1ccc(Cl)c(Cl)c1)c1ccccc1NS(=O)(=O)c1ccc2c(c1)OCCO2. The van der Waals surface area contributed by atoms with Gasteiger partial charge in [-0.15, -0.1) is 0 Å². The number of amides is 1. The predicted molar refractivity (Wildman–Crippen MR) is 119 cm³/mol. The second-order valence-electron chi connectivity index (χ2n) is 6.54. The topological polar surface area (TPSA) is 93.7 Å². The molecule has 1 aliphatic rings. The first-order chi connectivity index (χ1) is 14.8. The Morgan fingerprint density at radius 1 is 0.871 bits per heavy atom. The minimum atomic E-state index is -3.99. The van der Waals surface area contributed by atoms with E-state index in [9.17, 15) is 13.2 Å². The van der Waals surface area contributed by atoms with Gasteiger partial charge in [-0.2, -0.15) is 0 Å². The van der Waals surface area contributed by atoms with Crippen molar-refractivity contribution >= 4 is 50.5 Å². The van der Waals surface area contributed by atoms with Crippen LogP contribution in [-0.2, 0) is 10.0 Å². The molecule has 0 saturated carbocycles. The van der Waals surface area contributed by atoms with E-state index < -0.39 is 15.9 Å². The Kier molecular flexibility index (Phi) is 5.95. The Bertz CT molecular complexity index is 1260. The van der Waals surface area contributed by atoms with Gasteiger partial charge in [-0.1, -0.05) is 35.3 Å². The van der Waals surface area contributed by atoms with Gasteiger partial charge in [-0.05, 0) is 42.5 Å². The fourth-order valence-corrected chi connectivity index (χ4v) is 4.33. The van der Waals surface area contributed by atoms with Crippen LogP contribution in [0.5, 0.6) is 11.5 Å². The number of ether oxygens (including phenoxy) is 2. The van der Waals surface area contributed by atoms with E-state index in [0.717, 1.165) is 0 Å². The first-order valence-electron chi connectivity index (χ1n) is 9.11. The third-order valence-corrected chi connectivity index (χ3v) is 6.52. The normalized spacial score (nSPS) is 12.8. The Balaban J connectivity index is 1.59. The lowest BCUT2D eigenvalue weighted by atomic mass is 10.1. The molecule has 7 nitrogen and oxygen atoms in total. The number of hydrogen-bond donors (Lipinski definition) is 2. The molecule has 0 bridgehead atoms. The van der Waals surface area contributed by atoms with E-state index in [1.807, 2.05) is 0 Å². The minimum absolute atomic E-state index is 0.0172. The number of benzene rings is 3. The first kappa shape index (κ1) is 21.3. The molecule has 0 aromatic heterocycles. The van der Waals surface area contributed by atoms with Crippen LogP contribution >= 0.6 is 23.2 Å². The lowest BCUT2D eigenvalue weighted by Crippen LogP contribution is -2.19. The van der Waals surface area contributed by atoms with Crippen molar-refractivity contribution in [2.24, 2.45) is 0 Å². The lowest BCUT2D eigenvalue weighted by molar-refractivity contribution is 0.102. The van der Waals surface area contributed by atoms with Crippen molar-refractivity contribution in [1.82, 2.24) is 0 Å². The summed E-state index contributed by atoms with van der Waals surface area (Å²) in [5.74, 6) is 0.310. The molecule has 2 N–H and O–H groups in total. The van der Waals surface area contributed by atoms with E-state index in [-0.39, 0.29) is 21.2 Å². The molecule has 10 heteroatoms. The van der Waals surface area contributed by atoms with Crippen LogP contribution in [0, 0.1) is 0 Å². The molecular formula is C21H16Cl2N2O5S. The van der Waals surface area contributed by atoms with Crippen LogP contribution in [0.4, 0.5) is 11.4 Å². The molecule has 0 unspecified atom stereocenters. The van der Waals surface area contributed by atoms with E-state index in [2.05, 4.69) is 10.0 Å². The van der Waals surface area contributed by atoms with Crippen LogP contribution in [0.2, 0.25) is 10.0 Å². The van der Waals surface area contributed by atoms with E-state index >= 15 is 0 Å². The minimum Gasteiger partial charge on any atom is -0.486 e. The number of para-hydroxylation sites is 1. The van der Waals surface area contributed by atoms with Crippen LogP contribution in [0.15, 0.2) is 65.6 Å². The fraction of sp³-hybridized carbons (Fsp3) is 0.0952. The molecule has 0 saturated heterocycles. The van der Waals surface area contributed by atoms with Gasteiger partial charge in [0.2, 0.25) is 0 Å². The highest BCUT2D eigenvalue weighted by molar-refractivity contribution is 7.92. The van der Waals surface area contributed by atoms with Crippen LogP contribution in [-0.4, -0.2) is 27.5 Å². The van der Waals surface area contributed by atoms with Gasteiger partial charge in [0.1, 0.15) is 13.2 Å². The molecule has 0 atom stereocenters. The van der Waals surface area contributed by atoms with Crippen LogP contribution in [0.3, 0.4) is 0 Å². The summed E-state index contributed by atoms with van der Waals surface area (Å²) in [6.45, 7) is 0.736. The number of hydrogen-bond acceptors (Lipinski definition) is 5. The number of rotatable bonds is 5. The summed E-state index contributed by atoms with van der Waals surface area (Å²) in [5.41, 5.74) is 0.675. The number of carbonyl (C=O) groups excluding carboxylic acids is 1. The van der Waals surface area contributed by atoms with Crippen LogP contribution in [0.1, 0.15) is 10.4 Å². The van der Waals surface area contributed by atoms with Crippen molar-refractivity contribution in [2.75, 3.05) is 23.3 Å². The number of anilines is 2. The number of sulfonamides is 1. The van der Waals surface area contributed by atoms with Gasteiger partial charge < -0.3 is 14.8 Å². The van der Waals surface area contributed by atoms with Gasteiger partial charge in [-0.25, -0.2) is 8.42 Å². The zero-order valence-corrected chi connectivity index (χ0v) is 18.2. The Morgan fingerprint density at radius 2 is 1.61 bits per heavy atom. The summed E-state index contributed by atoms with van der Waals surface area (Å²) >= 11 is 11.9. The van der Waals surface area contributed by atoms with Crippen molar-refractivity contribution in [3.8, 4) is 11.5 Å². The zero-order valence-electron chi connectivity index (χ0n) is 15.9. The summed E-state index contributed by atoms with van der Waals surface area (Å²) in [6, 6.07) is 15.2. The average molecular weight is 479 g/mol. The van der Waals surface area contributed by atoms with Crippen LogP contribution in [0.25, 0.3) is 0 Å². The number of nitrogens with one attached hydrogen (secondary N) is 2. The van der Waals surface area contributed by atoms with Gasteiger partial charge in [0, 0.05) is 11.8 Å². The first-order valence-corrected chi connectivity index (χ1v) is 11.4. The van der Waals surface area contributed by atoms with E-state index in [4.69, 9.17) is 32.7 Å². The largest absolute Gasteiger partial charge is 0.486 e. The highest BCUT2D eigenvalue weighted by Crippen LogP contribution is 2.33. The number of fused-ring (bicyclic) bond motifs is 1. The summed E-state index contributed by atoms with van der Waals surface area (Å²) in [7, 11) is -3.99. The molecule has 0 fully saturated rings. The second-order valence-corrected chi connectivity index (χ2v) is 9.04. The summed E-state index contributed by atoms with van der Waals surface area (Å²) in [6.07, 6.45) is 0. The smallest absolute Gasteiger partial charge is 0.262 e. The highest BCUT2D eigenvalue weighted by Gasteiger charge is 2.22. The van der Waals surface area contributed by atoms with Gasteiger partial charge in [0.05, 0.1) is 26.2 Å². The fourth-order valence-electron chi connectivity index (χ4n) is 2.94. The quantitative estimate of drug-likeness (QED) is 0.548. The van der Waals surface area contributed by atoms with Crippen molar-refractivity contribution < 1.29 is 22.7 Å². The zero-order chi connectivity index (χ0) is 22.0. The molecule has 0 spiro atoms. The van der Waals surface area contributed by atoms with Crippen molar-refractivity contribution in [2.45, 2.75) is 4.90 Å². The van der Waals surface area contributed by atoms with Crippen LogP contribution < -0.4 is 19.5 Å². The molecule has 3 aromatic carbocycles. The maximum Gasteiger partial charge on any atom is 0.262 e. The van der Waals surface area contributed by atoms with Gasteiger partial charge in [0.25, 0.3) is 15.9 Å². The van der Waals surface area contributed by atoms with E-state index in [0.29, 0.717) is 35.4 Å². The maximum absolute atomic E-state index is 12.9. The number of carbonyl (C=O) groups is 1. The monoisotopic (exact) mass is 478 g/mol. The Morgan fingerprint density at radius 3 is 2.39 bits per heavy atom. The van der Waals surface area contributed by atoms with Gasteiger partial charge in [-0.3, -0.25) is 9.52 Å². The van der Waals surface area contributed by atoms with Crippen molar-refractivity contribution in [1.29, 1.82) is 0 Å². The third-order valence-electron chi connectivity index (χ3n) is 4.42. The second kappa shape index (κ2) is 8.66. The third kappa shape index (κ3) is 4.71. The average Bonchev–Trinajstić information content (AvgIpc) is 2.76.